The van der Waals surface area contributed by atoms with E-state index in [1.807, 2.05) is 0 Å². The average Bonchev–Trinajstić information content (AvgIpc) is 2.30. The molecule has 0 saturated heterocycles. The Hall–Kier alpha value is -1.41. The molecular formula is C8H13BrN6O. The third-order valence-corrected chi connectivity index (χ3v) is 2.67. The Kier molecular flexibility index (Phi) is 4.44. The van der Waals surface area contributed by atoms with Gasteiger partial charge in [0, 0.05) is 7.05 Å². The van der Waals surface area contributed by atoms with Gasteiger partial charge >= 0.3 is 0 Å². The van der Waals surface area contributed by atoms with Crippen molar-refractivity contribution in [2.75, 3.05) is 17.8 Å². The third kappa shape index (κ3) is 2.80. The number of rotatable bonds is 4. The van der Waals surface area contributed by atoms with Crippen LogP contribution in [0.2, 0.25) is 0 Å². The van der Waals surface area contributed by atoms with Crippen LogP contribution in [0.5, 0.6) is 0 Å². The number of carbonyl (C=O) groups excluding carboxylic acids is 1. The van der Waals surface area contributed by atoms with Crippen molar-refractivity contribution in [3.05, 3.63) is 10.8 Å². The van der Waals surface area contributed by atoms with E-state index in [2.05, 4.69) is 42.0 Å². The number of carbonyl (C=O) groups is 1. The lowest BCUT2D eigenvalue weighted by molar-refractivity contribution is -0.121. The number of hydrazine groups is 1. The number of hydrogen-bond donors (Lipinski definition) is 4. The lowest BCUT2D eigenvalue weighted by atomic mass is 10.3. The van der Waals surface area contributed by atoms with Crippen LogP contribution in [0.3, 0.4) is 0 Å². The molecule has 0 fully saturated rings. The van der Waals surface area contributed by atoms with Gasteiger partial charge in [-0.1, -0.05) is 0 Å². The van der Waals surface area contributed by atoms with Crippen molar-refractivity contribution in [3.63, 3.8) is 0 Å². The average molecular weight is 289 g/mol. The molecule has 0 spiro atoms. The highest BCUT2D eigenvalue weighted by molar-refractivity contribution is 9.10. The molecule has 0 aliphatic carbocycles. The molecular weight excluding hydrogens is 276 g/mol. The van der Waals surface area contributed by atoms with Gasteiger partial charge < -0.3 is 16.1 Å². The number of amides is 1. The topological polar surface area (TPSA) is 105 Å². The minimum atomic E-state index is -0.401. The predicted molar refractivity (Wildman–Crippen MR) is 64.7 cm³/mol. The first-order valence-electron chi connectivity index (χ1n) is 4.55. The summed E-state index contributed by atoms with van der Waals surface area (Å²) in [5, 5.41) is 5.46. The molecule has 1 aromatic rings. The van der Waals surface area contributed by atoms with Gasteiger partial charge in [0.1, 0.15) is 22.7 Å². The third-order valence-electron chi connectivity index (χ3n) is 1.92. The maximum Gasteiger partial charge on any atom is 0.241 e. The van der Waals surface area contributed by atoms with Crippen molar-refractivity contribution in [1.29, 1.82) is 0 Å². The standard InChI is InChI=1S/C8H13BrN6O/c1-4(8(16)11-2)14-6-5(9)7(15-10)13-3-12-6/h3-4H,10H2,1-2H3,(H,11,16)(H2,12,13,14,15). The summed E-state index contributed by atoms with van der Waals surface area (Å²) in [7, 11) is 1.57. The van der Waals surface area contributed by atoms with E-state index in [9.17, 15) is 4.79 Å². The van der Waals surface area contributed by atoms with E-state index in [1.54, 1.807) is 14.0 Å². The molecule has 1 aromatic heterocycles. The monoisotopic (exact) mass is 288 g/mol. The van der Waals surface area contributed by atoms with Gasteiger partial charge in [0.15, 0.2) is 5.82 Å². The zero-order chi connectivity index (χ0) is 12.1. The largest absolute Gasteiger partial charge is 0.358 e. The highest BCUT2D eigenvalue weighted by Crippen LogP contribution is 2.25. The van der Waals surface area contributed by atoms with Crippen molar-refractivity contribution in [2.45, 2.75) is 13.0 Å². The highest BCUT2D eigenvalue weighted by Gasteiger charge is 2.14. The second-order valence-corrected chi connectivity index (χ2v) is 3.80. The molecule has 0 saturated carbocycles. The first-order valence-corrected chi connectivity index (χ1v) is 5.34. The quantitative estimate of drug-likeness (QED) is 0.462. The maximum atomic E-state index is 11.3. The Labute approximate surface area is 101 Å². The van der Waals surface area contributed by atoms with Crippen LogP contribution in [0.4, 0.5) is 11.6 Å². The van der Waals surface area contributed by atoms with E-state index in [1.165, 1.54) is 6.33 Å². The number of nitrogen functional groups attached to an aromatic ring is 1. The molecule has 0 aliphatic heterocycles. The smallest absolute Gasteiger partial charge is 0.241 e. The summed E-state index contributed by atoms with van der Waals surface area (Å²) in [5.41, 5.74) is 2.41. The Bertz CT molecular complexity index is 385. The summed E-state index contributed by atoms with van der Waals surface area (Å²) in [6, 6.07) is -0.401. The molecule has 1 unspecified atom stereocenters. The van der Waals surface area contributed by atoms with E-state index in [0.29, 0.717) is 16.1 Å². The summed E-state index contributed by atoms with van der Waals surface area (Å²) < 4.78 is 0.577. The van der Waals surface area contributed by atoms with Gasteiger partial charge in [-0.05, 0) is 22.9 Å². The summed E-state index contributed by atoms with van der Waals surface area (Å²) >= 11 is 3.28. The molecule has 0 bridgehead atoms. The molecule has 5 N–H and O–H groups in total. The number of nitrogens with two attached hydrogens (primary N) is 1. The summed E-state index contributed by atoms with van der Waals surface area (Å²) in [6.07, 6.45) is 1.35. The minimum absolute atomic E-state index is 0.132. The summed E-state index contributed by atoms with van der Waals surface area (Å²) in [6.45, 7) is 1.73. The molecule has 1 amide bonds. The molecule has 0 aromatic carbocycles. The number of nitrogens with zero attached hydrogens (tertiary/aromatic N) is 2. The number of halogens is 1. The van der Waals surface area contributed by atoms with Crippen LogP contribution in [0.25, 0.3) is 0 Å². The molecule has 7 nitrogen and oxygen atoms in total. The van der Waals surface area contributed by atoms with Crippen LogP contribution < -0.4 is 21.9 Å². The van der Waals surface area contributed by atoms with Gasteiger partial charge in [-0.25, -0.2) is 15.8 Å². The van der Waals surface area contributed by atoms with Gasteiger partial charge in [0.25, 0.3) is 0 Å². The minimum Gasteiger partial charge on any atom is -0.358 e. The van der Waals surface area contributed by atoms with E-state index in [0.717, 1.165) is 0 Å². The van der Waals surface area contributed by atoms with Gasteiger partial charge in [0.05, 0.1) is 0 Å². The number of aromatic nitrogens is 2. The van der Waals surface area contributed by atoms with Crippen molar-refractivity contribution < 1.29 is 4.79 Å². The van der Waals surface area contributed by atoms with Crippen molar-refractivity contribution >= 4 is 33.5 Å². The number of hydrogen-bond acceptors (Lipinski definition) is 6. The normalized spacial score (nSPS) is 11.8. The van der Waals surface area contributed by atoms with Gasteiger partial charge in [-0.3, -0.25) is 4.79 Å². The van der Waals surface area contributed by atoms with E-state index in [4.69, 9.17) is 5.84 Å². The van der Waals surface area contributed by atoms with E-state index in [-0.39, 0.29) is 5.91 Å². The fraction of sp³-hybridized carbons (Fsp3) is 0.375. The number of nitrogens with one attached hydrogen (secondary N) is 3. The zero-order valence-electron chi connectivity index (χ0n) is 8.91. The SMILES string of the molecule is CNC(=O)C(C)Nc1ncnc(NN)c1Br. The van der Waals surface area contributed by atoms with Crippen LogP contribution in [0.15, 0.2) is 10.8 Å². The first-order chi connectivity index (χ1) is 7.60. The molecule has 0 aliphatic rings. The van der Waals surface area contributed by atoms with Crippen molar-refractivity contribution in [3.8, 4) is 0 Å². The fourth-order valence-corrected chi connectivity index (χ4v) is 1.49. The Morgan fingerprint density at radius 1 is 1.50 bits per heavy atom. The highest BCUT2D eigenvalue weighted by atomic mass is 79.9. The van der Waals surface area contributed by atoms with Crippen LogP contribution in [0, 0.1) is 0 Å². The van der Waals surface area contributed by atoms with Crippen molar-refractivity contribution in [1.82, 2.24) is 15.3 Å². The summed E-state index contributed by atoms with van der Waals surface area (Å²) in [4.78, 5) is 19.2. The second-order valence-electron chi connectivity index (χ2n) is 3.01. The molecule has 8 heteroatoms. The van der Waals surface area contributed by atoms with E-state index >= 15 is 0 Å². The summed E-state index contributed by atoms with van der Waals surface area (Å²) in [5.74, 6) is 6.07. The Morgan fingerprint density at radius 2 is 2.12 bits per heavy atom. The van der Waals surface area contributed by atoms with Crippen LogP contribution in [-0.4, -0.2) is 29.0 Å². The lowest BCUT2D eigenvalue weighted by Gasteiger charge is -2.14. The zero-order valence-corrected chi connectivity index (χ0v) is 10.5. The maximum absolute atomic E-state index is 11.3. The van der Waals surface area contributed by atoms with Crippen LogP contribution in [0.1, 0.15) is 6.92 Å². The molecule has 1 atom stereocenters. The van der Waals surface area contributed by atoms with Gasteiger partial charge in [0.2, 0.25) is 5.91 Å². The van der Waals surface area contributed by atoms with Crippen LogP contribution >= 0.6 is 15.9 Å². The van der Waals surface area contributed by atoms with Gasteiger partial charge in [-0.2, -0.15) is 0 Å². The van der Waals surface area contributed by atoms with E-state index < -0.39 is 6.04 Å². The van der Waals surface area contributed by atoms with Crippen LogP contribution in [-0.2, 0) is 4.79 Å². The lowest BCUT2D eigenvalue weighted by Crippen LogP contribution is -2.35. The molecule has 16 heavy (non-hydrogen) atoms. The molecule has 0 radical (unpaired) electrons. The molecule has 1 heterocycles. The van der Waals surface area contributed by atoms with Crippen molar-refractivity contribution in [2.24, 2.45) is 5.84 Å². The second kappa shape index (κ2) is 5.61. The van der Waals surface area contributed by atoms with Gasteiger partial charge in [-0.15, -0.1) is 0 Å². The fourth-order valence-electron chi connectivity index (χ4n) is 1.06. The number of likely N-dealkylation sites (N-methyl/N-ethyl adjacent to an activating group) is 1. The first kappa shape index (κ1) is 12.7. The number of anilines is 2. The Balaban J connectivity index is 2.85. The molecule has 88 valence electrons. The molecule has 1 rings (SSSR count). The predicted octanol–water partition coefficient (Wildman–Crippen LogP) is 0.0711. The Morgan fingerprint density at radius 3 is 2.69 bits per heavy atom.